The van der Waals surface area contributed by atoms with Gasteiger partial charge >= 0.3 is 5.97 Å². The molecule has 0 saturated carbocycles. The molecule has 5 heteroatoms. The second-order valence-electron chi connectivity index (χ2n) is 7.49. The van der Waals surface area contributed by atoms with Crippen molar-refractivity contribution >= 4 is 11.9 Å². The molecule has 1 N–H and O–H groups in total. The molecule has 120 valence electrons. The number of carboxylic acid groups (broad SMARTS) is 1. The molecule has 5 nitrogen and oxygen atoms in total. The molecule has 0 aromatic carbocycles. The van der Waals surface area contributed by atoms with Crippen LogP contribution in [0.1, 0.15) is 46.0 Å². The Balaban J connectivity index is 1.91. The fourth-order valence-corrected chi connectivity index (χ4v) is 3.87. The zero-order chi connectivity index (χ0) is 15.6. The van der Waals surface area contributed by atoms with E-state index in [2.05, 4.69) is 11.9 Å². The molecule has 2 rings (SSSR count). The lowest BCUT2D eigenvalue weighted by Gasteiger charge is -2.46. The SMILES string of the molecule is CN1CCCC2CN(C(=O)CC(C)(C)CC(=O)O)CCC21. The lowest BCUT2D eigenvalue weighted by Crippen LogP contribution is -2.54. The number of hydrogen-bond acceptors (Lipinski definition) is 3. The Morgan fingerprint density at radius 2 is 1.90 bits per heavy atom. The normalized spacial score (nSPS) is 27.3. The third-order valence-electron chi connectivity index (χ3n) is 4.96. The quantitative estimate of drug-likeness (QED) is 0.859. The van der Waals surface area contributed by atoms with Crippen LogP contribution in [-0.2, 0) is 9.59 Å². The highest BCUT2D eigenvalue weighted by Crippen LogP contribution is 2.32. The number of aliphatic carboxylic acids is 1. The van der Waals surface area contributed by atoms with E-state index in [1.807, 2.05) is 18.7 Å². The van der Waals surface area contributed by atoms with Crippen molar-refractivity contribution in [2.75, 3.05) is 26.7 Å². The highest BCUT2D eigenvalue weighted by Gasteiger charge is 2.37. The van der Waals surface area contributed by atoms with Gasteiger partial charge in [0, 0.05) is 25.6 Å². The van der Waals surface area contributed by atoms with Gasteiger partial charge in [-0.25, -0.2) is 0 Å². The highest BCUT2D eigenvalue weighted by molar-refractivity contribution is 5.78. The van der Waals surface area contributed by atoms with Crippen molar-refractivity contribution in [1.29, 1.82) is 0 Å². The van der Waals surface area contributed by atoms with Crippen molar-refractivity contribution in [2.45, 2.75) is 52.0 Å². The molecule has 2 fully saturated rings. The van der Waals surface area contributed by atoms with Crippen LogP contribution >= 0.6 is 0 Å². The summed E-state index contributed by atoms with van der Waals surface area (Å²) in [5.74, 6) is -0.127. The molecule has 0 spiro atoms. The van der Waals surface area contributed by atoms with E-state index in [1.165, 1.54) is 19.4 Å². The van der Waals surface area contributed by atoms with Gasteiger partial charge in [0.1, 0.15) is 0 Å². The Morgan fingerprint density at radius 1 is 1.19 bits per heavy atom. The number of nitrogens with zero attached hydrogens (tertiary/aromatic N) is 2. The standard InChI is InChI=1S/C16H28N2O3/c1-16(2,10-15(20)21)9-14(19)18-8-6-13-12(11-18)5-4-7-17(13)3/h12-13H,4-11H2,1-3H3,(H,20,21). The van der Waals surface area contributed by atoms with Crippen LogP contribution in [-0.4, -0.2) is 59.5 Å². The van der Waals surface area contributed by atoms with E-state index in [-0.39, 0.29) is 12.3 Å². The van der Waals surface area contributed by atoms with Crippen LogP contribution < -0.4 is 0 Å². The summed E-state index contributed by atoms with van der Waals surface area (Å²) in [6, 6.07) is 0.620. The van der Waals surface area contributed by atoms with E-state index >= 15 is 0 Å². The molecule has 0 bridgehead atoms. The van der Waals surface area contributed by atoms with Crippen LogP contribution in [0.4, 0.5) is 0 Å². The summed E-state index contributed by atoms with van der Waals surface area (Å²) >= 11 is 0. The van der Waals surface area contributed by atoms with Gasteiger partial charge in [0.15, 0.2) is 0 Å². The van der Waals surface area contributed by atoms with Gasteiger partial charge in [0.25, 0.3) is 0 Å². The number of carboxylic acids is 1. The molecule has 2 aliphatic heterocycles. The van der Waals surface area contributed by atoms with Gasteiger partial charge in [-0.1, -0.05) is 13.8 Å². The predicted octanol–water partition coefficient (Wildman–Crippen LogP) is 1.82. The number of rotatable bonds is 4. The number of amides is 1. The molecule has 1 amide bonds. The molecule has 2 atom stereocenters. The fraction of sp³-hybridized carbons (Fsp3) is 0.875. The Kier molecular flexibility index (Phi) is 4.91. The van der Waals surface area contributed by atoms with Gasteiger partial charge in [-0.3, -0.25) is 9.59 Å². The van der Waals surface area contributed by atoms with E-state index < -0.39 is 11.4 Å². The van der Waals surface area contributed by atoms with Gasteiger partial charge in [-0.15, -0.1) is 0 Å². The first-order valence-electron chi connectivity index (χ1n) is 7.98. The fourth-order valence-electron chi connectivity index (χ4n) is 3.87. The van der Waals surface area contributed by atoms with E-state index in [0.29, 0.717) is 18.4 Å². The van der Waals surface area contributed by atoms with Crippen molar-refractivity contribution in [3.05, 3.63) is 0 Å². The lowest BCUT2D eigenvalue weighted by atomic mass is 9.82. The minimum absolute atomic E-state index is 0.0430. The monoisotopic (exact) mass is 296 g/mol. The zero-order valence-electron chi connectivity index (χ0n) is 13.5. The number of carbonyl (C=O) groups excluding carboxylic acids is 1. The molecule has 0 radical (unpaired) electrons. The zero-order valence-corrected chi connectivity index (χ0v) is 13.5. The van der Waals surface area contributed by atoms with Gasteiger partial charge < -0.3 is 14.9 Å². The van der Waals surface area contributed by atoms with Crippen LogP contribution in [0.2, 0.25) is 0 Å². The molecule has 2 aliphatic rings. The molecular formula is C16H28N2O3. The number of hydrogen-bond donors (Lipinski definition) is 1. The van der Waals surface area contributed by atoms with E-state index in [9.17, 15) is 9.59 Å². The maximum absolute atomic E-state index is 12.5. The van der Waals surface area contributed by atoms with E-state index in [0.717, 1.165) is 19.5 Å². The average Bonchev–Trinajstić information content (AvgIpc) is 2.36. The van der Waals surface area contributed by atoms with Crippen molar-refractivity contribution in [3.8, 4) is 0 Å². The average molecular weight is 296 g/mol. The van der Waals surface area contributed by atoms with Gasteiger partial charge in [-0.05, 0) is 44.2 Å². The third kappa shape index (κ3) is 4.19. The number of piperidine rings is 2. The Hall–Kier alpha value is -1.10. The Labute approximate surface area is 127 Å². The third-order valence-corrected chi connectivity index (χ3v) is 4.96. The first kappa shape index (κ1) is 16.3. The molecule has 2 saturated heterocycles. The van der Waals surface area contributed by atoms with Crippen LogP contribution in [0.5, 0.6) is 0 Å². The van der Waals surface area contributed by atoms with Crippen LogP contribution in [0.25, 0.3) is 0 Å². The maximum atomic E-state index is 12.5. The number of fused-ring (bicyclic) bond motifs is 1. The Bertz CT molecular complexity index is 408. The van der Waals surface area contributed by atoms with Crippen molar-refractivity contribution in [3.63, 3.8) is 0 Å². The van der Waals surface area contributed by atoms with Crippen LogP contribution in [0, 0.1) is 11.3 Å². The summed E-state index contributed by atoms with van der Waals surface area (Å²) < 4.78 is 0. The first-order chi connectivity index (χ1) is 9.78. The summed E-state index contributed by atoms with van der Waals surface area (Å²) in [4.78, 5) is 27.7. The highest BCUT2D eigenvalue weighted by atomic mass is 16.4. The number of carbonyl (C=O) groups is 2. The summed E-state index contributed by atoms with van der Waals surface area (Å²) in [6.07, 6.45) is 3.83. The second-order valence-corrected chi connectivity index (χ2v) is 7.49. The Morgan fingerprint density at radius 3 is 2.57 bits per heavy atom. The summed E-state index contributed by atoms with van der Waals surface area (Å²) in [5, 5.41) is 8.93. The van der Waals surface area contributed by atoms with E-state index in [4.69, 9.17) is 5.11 Å². The molecule has 2 heterocycles. The molecule has 0 aromatic rings. The minimum Gasteiger partial charge on any atom is -0.481 e. The van der Waals surface area contributed by atoms with Gasteiger partial charge in [0.05, 0.1) is 6.42 Å². The maximum Gasteiger partial charge on any atom is 0.303 e. The second kappa shape index (κ2) is 6.34. The molecule has 21 heavy (non-hydrogen) atoms. The number of likely N-dealkylation sites (tertiary alicyclic amines) is 2. The van der Waals surface area contributed by atoms with Crippen molar-refractivity contribution < 1.29 is 14.7 Å². The van der Waals surface area contributed by atoms with Gasteiger partial charge in [0.2, 0.25) is 5.91 Å². The van der Waals surface area contributed by atoms with Crippen LogP contribution in [0.15, 0.2) is 0 Å². The molecule has 0 aromatic heterocycles. The topological polar surface area (TPSA) is 60.9 Å². The summed E-state index contributed by atoms with van der Waals surface area (Å²) in [7, 11) is 2.18. The summed E-state index contributed by atoms with van der Waals surface area (Å²) in [6.45, 7) is 6.55. The molecule has 0 aliphatic carbocycles. The molecular weight excluding hydrogens is 268 g/mol. The van der Waals surface area contributed by atoms with Gasteiger partial charge in [-0.2, -0.15) is 0 Å². The van der Waals surface area contributed by atoms with Crippen LogP contribution in [0.3, 0.4) is 0 Å². The van der Waals surface area contributed by atoms with Crippen molar-refractivity contribution in [1.82, 2.24) is 9.80 Å². The van der Waals surface area contributed by atoms with Crippen molar-refractivity contribution in [2.24, 2.45) is 11.3 Å². The summed E-state index contributed by atoms with van der Waals surface area (Å²) in [5.41, 5.74) is -0.469. The van der Waals surface area contributed by atoms with E-state index in [1.54, 1.807) is 0 Å². The largest absolute Gasteiger partial charge is 0.481 e. The predicted molar refractivity (Wildman–Crippen MR) is 81.0 cm³/mol. The molecule has 2 unspecified atom stereocenters. The lowest BCUT2D eigenvalue weighted by molar-refractivity contribution is -0.141. The smallest absolute Gasteiger partial charge is 0.303 e. The minimum atomic E-state index is -0.833. The first-order valence-corrected chi connectivity index (χ1v) is 7.98.